The summed E-state index contributed by atoms with van der Waals surface area (Å²) in [5, 5.41) is 3.20. The third-order valence-electron chi connectivity index (χ3n) is 2.49. The second-order valence-corrected chi connectivity index (χ2v) is 6.57. The molecule has 0 aliphatic rings. The van der Waals surface area contributed by atoms with Gasteiger partial charge in [0.15, 0.2) is 0 Å². The zero-order chi connectivity index (χ0) is 12.6. The van der Waals surface area contributed by atoms with Gasteiger partial charge in [0.25, 0.3) is 0 Å². The van der Waals surface area contributed by atoms with Gasteiger partial charge in [-0.1, -0.05) is 34.1 Å². The van der Waals surface area contributed by atoms with Gasteiger partial charge >= 0.3 is 0 Å². The van der Waals surface area contributed by atoms with Gasteiger partial charge in [0.1, 0.15) is 0 Å². The third kappa shape index (κ3) is 9.12. The number of hydrogen-bond donors (Lipinski definition) is 2. The second kappa shape index (κ2) is 8.03. The maximum atomic E-state index is 11.6. The van der Waals surface area contributed by atoms with E-state index in [0.29, 0.717) is 24.9 Å². The van der Waals surface area contributed by atoms with Crippen molar-refractivity contribution in [2.24, 2.45) is 5.92 Å². The molecule has 1 unspecified atom stereocenters. The van der Waals surface area contributed by atoms with Crippen LogP contribution in [-0.4, -0.2) is 33.3 Å². The first-order valence-electron chi connectivity index (χ1n) is 6.08. The predicted molar refractivity (Wildman–Crippen MR) is 69.0 cm³/mol. The Morgan fingerprint density at radius 3 is 2.31 bits per heavy atom. The Balaban J connectivity index is 3.71. The summed E-state index contributed by atoms with van der Waals surface area (Å²) in [7, 11) is -3.07. The molecule has 2 N–H and O–H groups in total. The van der Waals surface area contributed by atoms with Crippen molar-refractivity contribution in [2.45, 2.75) is 46.6 Å². The minimum absolute atomic E-state index is 0.211. The molecule has 0 aromatic heterocycles. The van der Waals surface area contributed by atoms with Crippen LogP contribution in [-0.2, 0) is 10.0 Å². The van der Waals surface area contributed by atoms with E-state index < -0.39 is 10.0 Å². The van der Waals surface area contributed by atoms with Crippen molar-refractivity contribution in [3.8, 4) is 0 Å². The first-order valence-corrected chi connectivity index (χ1v) is 7.73. The van der Waals surface area contributed by atoms with Crippen molar-refractivity contribution in [2.75, 3.05) is 18.8 Å². The van der Waals surface area contributed by atoms with Crippen molar-refractivity contribution in [3.05, 3.63) is 0 Å². The molecule has 0 aliphatic heterocycles. The zero-order valence-corrected chi connectivity index (χ0v) is 11.7. The molecule has 1 atom stereocenters. The molecule has 0 saturated heterocycles. The van der Waals surface area contributed by atoms with Crippen LogP contribution in [0.2, 0.25) is 0 Å². The molecule has 4 nitrogen and oxygen atoms in total. The highest BCUT2D eigenvalue weighted by Gasteiger charge is 2.10. The molecule has 0 saturated carbocycles. The minimum atomic E-state index is -3.07. The summed E-state index contributed by atoms with van der Waals surface area (Å²) in [5.74, 6) is 0.618. The second-order valence-electron chi connectivity index (χ2n) is 4.64. The summed E-state index contributed by atoms with van der Waals surface area (Å²) >= 11 is 0. The first-order chi connectivity index (χ1) is 7.37. The largest absolute Gasteiger partial charge is 0.314 e. The van der Waals surface area contributed by atoms with Crippen LogP contribution in [0, 0.1) is 5.92 Å². The molecular weight excluding hydrogens is 224 g/mol. The van der Waals surface area contributed by atoms with E-state index in [9.17, 15) is 8.42 Å². The number of nitrogens with one attached hydrogen (secondary N) is 2. The summed E-state index contributed by atoms with van der Waals surface area (Å²) in [6, 6.07) is 0.413. The number of rotatable bonds is 9. The van der Waals surface area contributed by atoms with E-state index in [2.05, 4.69) is 30.8 Å². The average molecular weight is 250 g/mol. The molecule has 0 aromatic carbocycles. The maximum Gasteiger partial charge on any atom is 0.211 e. The SMILES string of the molecule is CCC(C)CNS(=O)(=O)CCCNC(C)C. The quantitative estimate of drug-likeness (QED) is 0.607. The fourth-order valence-corrected chi connectivity index (χ4v) is 2.35. The van der Waals surface area contributed by atoms with E-state index in [1.54, 1.807) is 0 Å². The Hall–Kier alpha value is -0.130. The van der Waals surface area contributed by atoms with Gasteiger partial charge in [-0.2, -0.15) is 0 Å². The topological polar surface area (TPSA) is 58.2 Å². The van der Waals surface area contributed by atoms with Gasteiger partial charge < -0.3 is 5.32 Å². The fourth-order valence-electron chi connectivity index (χ4n) is 1.14. The van der Waals surface area contributed by atoms with Crippen LogP contribution in [0.5, 0.6) is 0 Å². The maximum absolute atomic E-state index is 11.6. The fraction of sp³-hybridized carbons (Fsp3) is 1.00. The summed E-state index contributed by atoms with van der Waals surface area (Å²) in [6.07, 6.45) is 1.66. The van der Waals surface area contributed by atoms with Crippen LogP contribution in [0.4, 0.5) is 0 Å². The van der Waals surface area contributed by atoms with Crippen LogP contribution in [0.3, 0.4) is 0 Å². The molecule has 0 heterocycles. The van der Waals surface area contributed by atoms with E-state index in [1.165, 1.54) is 0 Å². The van der Waals surface area contributed by atoms with E-state index >= 15 is 0 Å². The van der Waals surface area contributed by atoms with Crippen molar-refractivity contribution < 1.29 is 8.42 Å². The summed E-state index contributed by atoms with van der Waals surface area (Å²) in [5.41, 5.74) is 0. The highest BCUT2D eigenvalue weighted by Crippen LogP contribution is 1.99. The lowest BCUT2D eigenvalue weighted by Crippen LogP contribution is -2.32. The van der Waals surface area contributed by atoms with Crippen LogP contribution in [0.1, 0.15) is 40.5 Å². The van der Waals surface area contributed by atoms with Gasteiger partial charge in [-0.3, -0.25) is 0 Å². The first kappa shape index (κ1) is 15.9. The molecule has 0 radical (unpaired) electrons. The van der Waals surface area contributed by atoms with E-state index in [1.807, 2.05) is 6.92 Å². The molecule has 0 fully saturated rings. The van der Waals surface area contributed by atoms with Crippen LogP contribution in [0.25, 0.3) is 0 Å². The summed E-state index contributed by atoms with van der Waals surface area (Å²) < 4.78 is 25.8. The van der Waals surface area contributed by atoms with Crippen LogP contribution >= 0.6 is 0 Å². The molecule has 0 aromatic rings. The summed E-state index contributed by atoms with van der Waals surface area (Å²) in [6.45, 7) is 9.51. The van der Waals surface area contributed by atoms with Crippen LogP contribution in [0.15, 0.2) is 0 Å². The van der Waals surface area contributed by atoms with E-state index in [4.69, 9.17) is 0 Å². The standard InChI is InChI=1S/C11H26N2O2S/c1-5-11(4)9-13-16(14,15)8-6-7-12-10(2)3/h10-13H,5-9H2,1-4H3. The molecule has 0 bridgehead atoms. The smallest absolute Gasteiger partial charge is 0.211 e. The molecule has 0 aliphatic carbocycles. The number of sulfonamides is 1. The van der Waals surface area contributed by atoms with Gasteiger partial charge in [0.05, 0.1) is 5.75 Å². The molecule has 16 heavy (non-hydrogen) atoms. The Morgan fingerprint density at radius 1 is 1.19 bits per heavy atom. The Bertz CT molecular complexity index is 263. The van der Waals surface area contributed by atoms with Gasteiger partial charge in [0, 0.05) is 12.6 Å². The van der Waals surface area contributed by atoms with Crippen molar-refractivity contribution in [1.29, 1.82) is 0 Å². The van der Waals surface area contributed by atoms with Gasteiger partial charge in [-0.15, -0.1) is 0 Å². The van der Waals surface area contributed by atoms with Crippen LogP contribution < -0.4 is 10.0 Å². The average Bonchev–Trinajstić information content (AvgIpc) is 2.21. The Labute approximate surface area is 100 Å². The molecule has 0 spiro atoms. The normalized spacial score (nSPS) is 14.3. The lowest BCUT2D eigenvalue weighted by molar-refractivity contribution is 0.524. The van der Waals surface area contributed by atoms with Crippen molar-refractivity contribution >= 4 is 10.0 Å². The summed E-state index contributed by atoms with van der Waals surface area (Å²) in [4.78, 5) is 0. The van der Waals surface area contributed by atoms with Crippen molar-refractivity contribution in [1.82, 2.24) is 10.0 Å². The third-order valence-corrected chi connectivity index (χ3v) is 3.92. The van der Waals surface area contributed by atoms with Crippen molar-refractivity contribution in [3.63, 3.8) is 0 Å². The van der Waals surface area contributed by atoms with Gasteiger partial charge in [0.2, 0.25) is 10.0 Å². The number of hydrogen-bond acceptors (Lipinski definition) is 3. The van der Waals surface area contributed by atoms with Gasteiger partial charge in [-0.05, 0) is 18.9 Å². The predicted octanol–water partition coefficient (Wildman–Crippen LogP) is 1.34. The molecule has 5 heteroatoms. The highest BCUT2D eigenvalue weighted by atomic mass is 32.2. The molecule has 0 rings (SSSR count). The molecule has 0 amide bonds. The lowest BCUT2D eigenvalue weighted by atomic mass is 10.1. The molecule has 98 valence electrons. The van der Waals surface area contributed by atoms with E-state index in [0.717, 1.165) is 13.0 Å². The minimum Gasteiger partial charge on any atom is -0.314 e. The zero-order valence-electron chi connectivity index (χ0n) is 10.9. The lowest BCUT2D eigenvalue weighted by Gasteiger charge is -2.11. The van der Waals surface area contributed by atoms with Gasteiger partial charge in [-0.25, -0.2) is 13.1 Å². The Kier molecular flexibility index (Phi) is 7.97. The highest BCUT2D eigenvalue weighted by molar-refractivity contribution is 7.89. The molecular formula is C11H26N2O2S. The van der Waals surface area contributed by atoms with E-state index in [-0.39, 0.29) is 5.75 Å². The monoisotopic (exact) mass is 250 g/mol. The Morgan fingerprint density at radius 2 is 1.81 bits per heavy atom.